The lowest BCUT2D eigenvalue weighted by molar-refractivity contribution is 1.71. The Bertz CT molecular complexity index is 138. The average molecular weight is 282 g/mol. The summed E-state index contributed by atoms with van der Waals surface area (Å²) in [6.07, 6.45) is 0. The Morgan fingerprint density at radius 3 is 0.867 bits per heavy atom. The van der Waals surface area contributed by atoms with Crippen molar-refractivity contribution < 1.29 is 1.43 Å². The van der Waals surface area contributed by atoms with Gasteiger partial charge in [0, 0.05) is 34.2 Å². The fraction of sp³-hybridized carbons (Fsp3) is 1.00. The van der Waals surface area contributed by atoms with Gasteiger partial charge in [-0.25, -0.2) is 0 Å². The second-order valence-electron chi connectivity index (χ2n) is 7.52. The topological polar surface area (TPSA) is 0 Å². The van der Waals surface area contributed by atoms with Crippen molar-refractivity contribution >= 4 is 32.8 Å². The van der Waals surface area contributed by atoms with E-state index in [-0.39, 0.29) is 19.0 Å². The van der Waals surface area contributed by atoms with E-state index in [1.165, 1.54) is 0 Å². The van der Waals surface area contributed by atoms with Crippen LogP contribution in [0.25, 0.3) is 0 Å². The monoisotopic (exact) mass is 281 g/mol. The minimum absolute atomic E-state index is 0. The highest BCUT2D eigenvalue weighted by atomic mass is 29.3. The molecule has 0 aliphatic rings. The maximum absolute atomic E-state index is 2.47. The Kier molecular flexibility index (Phi) is 8.81. The molecule has 0 aromatic carbocycles. The van der Waals surface area contributed by atoms with Gasteiger partial charge in [-0.05, 0) is 0 Å². The molecule has 0 aliphatic carbocycles. The first-order valence-corrected chi connectivity index (χ1v) is 20.6. The van der Waals surface area contributed by atoms with Crippen molar-refractivity contribution in [3.05, 3.63) is 0 Å². The lowest BCUT2D eigenvalue weighted by atomic mass is 11.8. The van der Waals surface area contributed by atoms with Crippen molar-refractivity contribution in [1.29, 1.82) is 0 Å². The van der Waals surface area contributed by atoms with Gasteiger partial charge < -0.3 is 0 Å². The van der Waals surface area contributed by atoms with E-state index in [2.05, 4.69) is 65.5 Å². The van der Waals surface area contributed by atoms with Gasteiger partial charge in [0.05, 0.1) is 0 Å². The highest BCUT2D eigenvalue weighted by Crippen LogP contribution is 2.16. The summed E-state index contributed by atoms with van der Waals surface area (Å²) < 4.78 is 0. The highest BCUT2D eigenvalue weighted by Gasteiger charge is 2.31. The van der Waals surface area contributed by atoms with Crippen molar-refractivity contribution in [2.75, 3.05) is 0 Å². The summed E-state index contributed by atoms with van der Waals surface area (Å²) in [4.78, 5) is 0. The van der Waals surface area contributed by atoms with Crippen LogP contribution in [0.15, 0.2) is 0 Å². The van der Waals surface area contributed by atoms with Gasteiger partial charge >= 0.3 is 0 Å². The predicted octanol–water partition coefficient (Wildman–Crippen LogP) is 4.49. The van der Waals surface area contributed by atoms with Crippen molar-refractivity contribution in [3.8, 4) is 0 Å². The largest absolute Gasteiger partial charge is 0.0724 e. The fourth-order valence-corrected chi connectivity index (χ4v) is 8.49. The zero-order valence-corrected chi connectivity index (χ0v) is 17.2. The molecule has 0 saturated heterocycles. The first-order valence-electron chi connectivity index (χ1n) is 6.38. The lowest BCUT2D eigenvalue weighted by Crippen LogP contribution is -2.49. The van der Waals surface area contributed by atoms with Crippen LogP contribution in [-0.4, -0.2) is 32.8 Å². The molecule has 15 heavy (non-hydrogen) atoms. The molecule has 0 N–H and O–H groups in total. The molecule has 0 radical (unpaired) electrons. The van der Waals surface area contributed by atoms with Crippen LogP contribution in [0.1, 0.15) is 1.43 Å². The van der Waals surface area contributed by atoms with Crippen LogP contribution < -0.4 is 0 Å². The Morgan fingerprint density at radius 1 is 0.667 bits per heavy atom. The molecule has 0 heterocycles. The predicted molar refractivity (Wildman–Crippen MR) is 91.4 cm³/mol. The first-order chi connectivity index (χ1) is 6.38. The molecule has 4 heteroatoms. The van der Waals surface area contributed by atoms with Crippen LogP contribution in [0.4, 0.5) is 0 Å². The summed E-state index contributed by atoms with van der Waals surface area (Å²) in [6, 6.07) is 0. The Hall–Kier alpha value is 0.868. The Morgan fingerprint density at radius 2 is 0.867 bits per heavy atom. The molecule has 0 spiro atoms. The van der Waals surface area contributed by atoms with Gasteiger partial charge in [0.1, 0.15) is 0 Å². The molecule has 0 nitrogen and oxygen atoms in total. The van der Waals surface area contributed by atoms with Crippen LogP contribution in [0, 0.1) is 0 Å². The Balaban J connectivity index is -0.000000200. The van der Waals surface area contributed by atoms with Crippen molar-refractivity contribution in [2.24, 2.45) is 0 Å². The van der Waals surface area contributed by atoms with Crippen LogP contribution in [-0.2, 0) is 0 Å². The van der Waals surface area contributed by atoms with Gasteiger partial charge in [-0.1, -0.05) is 71.1 Å². The van der Waals surface area contributed by atoms with Gasteiger partial charge in [-0.15, -0.1) is 0 Å². The molecule has 0 bridgehead atoms. The highest BCUT2D eigenvalue weighted by molar-refractivity contribution is 7.39. The summed E-state index contributed by atoms with van der Waals surface area (Å²) in [5.74, 6) is 0. The molecule has 0 saturated carbocycles. The molecule has 0 aromatic heterocycles. The molecule has 96 valence electrons. The molecular formula is C11H36Si4. The van der Waals surface area contributed by atoms with Crippen LogP contribution in [0.5, 0.6) is 0 Å². The zero-order chi connectivity index (χ0) is 12.9. The Labute approximate surface area is 105 Å². The third-order valence-corrected chi connectivity index (χ3v) is 28.7. The van der Waals surface area contributed by atoms with Gasteiger partial charge in [-0.2, -0.15) is 0 Å². The minimum atomic E-state index is -0.720. The van der Waals surface area contributed by atoms with Gasteiger partial charge in [-0.3, -0.25) is 0 Å². The van der Waals surface area contributed by atoms with Crippen LogP contribution >= 0.6 is 0 Å². The molecule has 0 fully saturated rings. The maximum Gasteiger partial charge on any atom is 0.0379 e. The number of hydrogen-bond donors (Lipinski definition) is 0. The van der Waals surface area contributed by atoms with E-state index in [0.717, 1.165) is 0 Å². The summed E-state index contributed by atoms with van der Waals surface area (Å²) in [7, 11) is -1.77. The van der Waals surface area contributed by atoms with Crippen LogP contribution in [0.3, 0.4) is 0 Å². The quantitative estimate of drug-likeness (QED) is 0.669. The van der Waals surface area contributed by atoms with Gasteiger partial charge in [0.25, 0.3) is 0 Å². The standard InChI is InChI=1S/C6H18Si2.C5H16Si2.H2/c1-7(2,3)8(4,5)6;1-6(2)5-7(3)4;/h1-6H3;6-7H,5H2,1-4H3;1H/i;;1+1. The van der Waals surface area contributed by atoms with Crippen molar-refractivity contribution in [3.63, 3.8) is 0 Å². The molecule has 0 aromatic rings. The molecule has 0 atom stereocenters. The van der Waals surface area contributed by atoms with E-state index in [1.54, 1.807) is 5.67 Å². The van der Waals surface area contributed by atoms with Gasteiger partial charge in [0.2, 0.25) is 0 Å². The normalized spacial score (nSPS) is 12.8. The summed E-state index contributed by atoms with van der Waals surface area (Å²) in [6.45, 7) is 24.6. The average Bonchev–Trinajstić information content (AvgIpc) is 1.78. The van der Waals surface area contributed by atoms with E-state index < -0.39 is 15.2 Å². The van der Waals surface area contributed by atoms with E-state index >= 15 is 0 Å². The third kappa shape index (κ3) is 12.8. The number of hydrogen-bond acceptors (Lipinski definition) is 0. The molecular weight excluding hydrogens is 244 g/mol. The lowest BCUT2D eigenvalue weighted by Gasteiger charge is -2.30. The summed E-state index contributed by atoms with van der Waals surface area (Å²) >= 11 is 0. The number of rotatable bonds is 3. The zero-order valence-electron chi connectivity index (χ0n) is 12.9. The molecule has 0 aliphatic heterocycles. The van der Waals surface area contributed by atoms with E-state index in [4.69, 9.17) is 0 Å². The molecule has 0 rings (SSSR count). The van der Waals surface area contributed by atoms with E-state index in [0.29, 0.717) is 0 Å². The summed E-state index contributed by atoms with van der Waals surface area (Å²) in [5, 5.41) is 0. The third-order valence-electron chi connectivity index (χ3n) is 3.19. The first kappa shape index (κ1) is 18.2. The molecule has 0 unspecified atom stereocenters. The second-order valence-corrected chi connectivity index (χ2v) is 33.0. The molecule has 0 amide bonds. The second kappa shape index (κ2) is 7.24. The van der Waals surface area contributed by atoms with E-state index in [1.807, 2.05) is 0 Å². The maximum atomic E-state index is 2.47. The van der Waals surface area contributed by atoms with E-state index in [9.17, 15) is 0 Å². The fourth-order valence-electron chi connectivity index (χ4n) is 0.943. The minimum Gasteiger partial charge on any atom is -0.0724 e. The van der Waals surface area contributed by atoms with Gasteiger partial charge in [0.15, 0.2) is 0 Å². The SMILES string of the molecule is C[SiH](C)C[SiH](C)C.C[Si](C)(C)[Si](C)(C)C.[2HH]. The smallest absolute Gasteiger partial charge is 0.0379 e. The summed E-state index contributed by atoms with van der Waals surface area (Å²) in [5.41, 5.74) is 1.64. The van der Waals surface area contributed by atoms with Crippen molar-refractivity contribution in [1.82, 2.24) is 0 Å². The van der Waals surface area contributed by atoms with Crippen molar-refractivity contribution in [2.45, 2.75) is 71.1 Å². The van der Waals surface area contributed by atoms with Crippen LogP contribution in [0.2, 0.25) is 71.1 Å².